The van der Waals surface area contributed by atoms with Crippen molar-refractivity contribution in [2.45, 2.75) is 6.54 Å². The van der Waals surface area contributed by atoms with Crippen LogP contribution in [0.1, 0.15) is 5.56 Å². The van der Waals surface area contributed by atoms with E-state index in [9.17, 15) is 14.0 Å². The fourth-order valence-corrected chi connectivity index (χ4v) is 1.86. The van der Waals surface area contributed by atoms with Gasteiger partial charge in [0.2, 0.25) is 11.8 Å². The van der Waals surface area contributed by atoms with E-state index >= 15 is 0 Å². The lowest BCUT2D eigenvalue weighted by Crippen LogP contribution is -2.43. The number of rotatable bonds is 9. The van der Waals surface area contributed by atoms with E-state index in [4.69, 9.17) is 4.74 Å². The Labute approximate surface area is 136 Å². The van der Waals surface area contributed by atoms with Crippen LogP contribution < -0.4 is 5.32 Å². The maximum atomic E-state index is 13.5. The molecule has 6 nitrogen and oxygen atoms in total. The molecule has 0 unspecified atom stereocenters. The molecule has 0 fully saturated rings. The van der Waals surface area contributed by atoms with Gasteiger partial charge in [0.1, 0.15) is 5.82 Å². The van der Waals surface area contributed by atoms with E-state index in [1.807, 2.05) is 0 Å². The number of amides is 2. The smallest absolute Gasteiger partial charge is 0.236 e. The summed E-state index contributed by atoms with van der Waals surface area (Å²) in [5, 5.41) is 2.66. The van der Waals surface area contributed by atoms with Crippen molar-refractivity contribution in [3.63, 3.8) is 0 Å². The van der Waals surface area contributed by atoms with Crippen LogP contribution in [0.15, 0.2) is 24.3 Å². The monoisotopic (exact) mass is 325 g/mol. The normalized spacial score (nSPS) is 10.7. The van der Waals surface area contributed by atoms with Crippen molar-refractivity contribution in [2.24, 2.45) is 0 Å². The summed E-state index contributed by atoms with van der Waals surface area (Å²) in [4.78, 5) is 27.0. The summed E-state index contributed by atoms with van der Waals surface area (Å²) in [6.07, 6.45) is 0. The molecule has 1 aromatic carbocycles. The Kier molecular flexibility index (Phi) is 8.21. The van der Waals surface area contributed by atoms with Gasteiger partial charge < -0.3 is 15.0 Å². The van der Waals surface area contributed by atoms with Crippen molar-refractivity contribution < 1.29 is 18.7 Å². The zero-order chi connectivity index (χ0) is 17.2. The van der Waals surface area contributed by atoms with E-state index in [2.05, 4.69) is 5.32 Å². The fraction of sp³-hybridized carbons (Fsp3) is 0.500. The van der Waals surface area contributed by atoms with Crippen molar-refractivity contribution in [2.75, 3.05) is 47.4 Å². The molecule has 0 aromatic heterocycles. The minimum atomic E-state index is -0.355. The molecular formula is C16H24FN3O3. The molecule has 0 bridgehead atoms. The van der Waals surface area contributed by atoms with Gasteiger partial charge in [0.05, 0.1) is 19.7 Å². The van der Waals surface area contributed by atoms with Crippen LogP contribution in [0.25, 0.3) is 0 Å². The summed E-state index contributed by atoms with van der Waals surface area (Å²) in [6.45, 7) is 1.18. The van der Waals surface area contributed by atoms with Crippen LogP contribution in [0, 0.1) is 5.82 Å². The van der Waals surface area contributed by atoms with E-state index in [-0.39, 0.29) is 37.3 Å². The van der Waals surface area contributed by atoms with Crippen LogP contribution in [0.2, 0.25) is 0 Å². The molecule has 0 radical (unpaired) electrons. The van der Waals surface area contributed by atoms with E-state index in [0.717, 1.165) is 0 Å². The van der Waals surface area contributed by atoms with Crippen LogP contribution in [0.4, 0.5) is 4.39 Å². The predicted molar refractivity (Wildman–Crippen MR) is 85.3 cm³/mol. The highest BCUT2D eigenvalue weighted by Gasteiger charge is 2.15. The maximum Gasteiger partial charge on any atom is 0.236 e. The van der Waals surface area contributed by atoms with Gasteiger partial charge in [-0.1, -0.05) is 18.2 Å². The van der Waals surface area contributed by atoms with Crippen LogP contribution in [-0.2, 0) is 20.9 Å². The van der Waals surface area contributed by atoms with E-state index < -0.39 is 0 Å². The Bertz CT molecular complexity index is 523. The van der Waals surface area contributed by atoms with E-state index in [1.165, 1.54) is 11.0 Å². The summed E-state index contributed by atoms with van der Waals surface area (Å²) in [7, 11) is 4.88. The quantitative estimate of drug-likeness (QED) is 0.717. The molecule has 0 heterocycles. The first-order valence-electron chi connectivity index (χ1n) is 7.35. The molecule has 0 aliphatic carbocycles. The Morgan fingerprint density at radius 2 is 1.91 bits per heavy atom. The zero-order valence-corrected chi connectivity index (χ0v) is 13.8. The highest BCUT2D eigenvalue weighted by Crippen LogP contribution is 2.05. The molecule has 7 heteroatoms. The molecule has 0 saturated heterocycles. The topological polar surface area (TPSA) is 61.9 Å². The SMILES string of the molecule is COCCN(CC(=O)NCc1ccccc1F)CC(=O)N(C)C. The number of likely N-dealkylation sites (N-methyl/N-ethyl adjacent to an activating group) is 1. The number of halogens is 1. The van der Waals surface area contributed by atoms with Crippen molar-refractivity contribution in [1.29, 1.82) is 0 Å². The van der Waals surface area contributed by atoms with Crippen LogP contribution in [-0.4, -0.2) is 69.1 Å². The summed E-state index contributed by atoms with van der Waals surface area (Å²) < 4.78 is 18.5. The van der Waals surface area contributed by atoms with Gasteiger partial charge in [-0.3, -0.25) is 14.5 Å². The van der Waals surface area contributed by atoms with Gasteiger partial charge in [0.25, 0.3) is 0 Å². The molecule has 2 amide bonds. The molecule has 0 aliphatic rings. The number of carbonyl (C=O) groups excluding carboxylic acids is 2. The molecule has 0 spiro atoms. The number of carbonyl (C=O) groups is 2. The first kappa shape index (κ1) is 19.1. The highest BCUT2D eigenvalue weighted by atomic mass is 19.1. The van der Waals surface area contributed by atoms with E-state index in [1.54, 1.807) is 44.3 Å². The molecule has 1 aromatic rings. The number of benzene rings is 1. The van der Waals surface area contributed by atoms with Gasteiger partial charge in [0.15, 0.2) is 0 Å². The molecule has 0 saturated carbocycles. The molecule has 0 aliphatic heterocycles. The summed E-state index contributed by atoms with van der Waals surface area (Å²) >= 11 is 0. The Hall–Kier alpha value is -1.99. The number of nitrogens with zero attached hydrogens (tertiary/aromatic N) is 2. The third kappa shape index (κ3) is 7.21. The third-order valence-electron chi connectivity index (χ3n) is 3.27. The lowest BCUT2D eigenvalue weighted by atomic mass is 10.2. The molecule has 23 heavy (non-hydrogen) atoms. The number of hydrogen-bond donors (Lipinski definition) is 1. The van der Waals surface area contributed by atoms with Crippen LogP contribution in [0.3, 0.4) is 0 Å². The van der Waals surface area contributed by atoms with Gasteiger partial charge in [-0.15, -0.1) is 0 Å². The summed E-state index contributed by atoms with van der Waals surface area (Å²) in [5.74, 6) is -0.717. The first-order valence-corrected chi connectivity index (χ1v) is 7.35. The maximum absolute atomic E-state index is 13.5. The summed E-state index contributed by atoms with van der Waals surface area (Å²) in [5.41, 5.74) is 0.425. The van der Waals surface area contributed by atoms with Gasteiger partial charge in [-0.25, -0.2) is 4.39 Å². The molecular weight excluding hydrogens is 301 g/mol. The second kappa shape index (κ2) is 9.91. The Morgan fingerprint density at radius 1 is 1.22 bits per heavy atom. The standard InChI is InChI=1S/C16H24FN3O3/c1-19(2)16(22)12-20(8-9-23-3)11-15(21)18-10-13-6-4-5-7-14(13)17/h4-7H,8-12H2,1-3H3,(H,18,21). The second-order valence-corrected chi connectivity index (χ2v) is 5.36. The van der Waals surface area contributed by atoms with Gasteiger partial charge in [0, 0.05) is 39.9 Å². The van der Waals surface area contributed by atoms with Crippen molar-refractivity contribution in [1.82, 2.24) is 15.1 Å². The average Bonchev–Trinajstić information content (AvgIpc) is 2.51. The molecule has 1 rings (SSSR count). The Balaban J connectivity index is 2.51. The zero-order valence-electron chi connectivity index (χ0n) is 13.8. The minimum absolute atomic E-state index is 0.0530. The van der Waals surface area contributed by atoms with Gasteiger partial charge >= 0.3 is 0 Å². The highest BCUT2D eigenvalue weighted by molar-refractivity contribution is 5.81. The number of methoxy groups -OCH3 is 1. The van der Waals surface area contributed by atoms with E-state index in [0.29, 0.717) is 18.7 Å². The fourth-order valence-electron chi connectivity index (χ4n) is 1.86. The third-order valence-corrected chi connectivity index (χ3v) is 3.27. The van der Waals surface area contributed by atoms with Crippen LogP contribution >= 0.6 is 0 Å². The summed E-state index contributed by atoms with van der Waals surface area (Å²) in [6, 6.07) is 6.28. The largest absolute Gasteiger partial charge is 0.383 e. The van der Waals surface area contributed by atoms with Crippen molar-refractivity contribution in [3.05, 3.63) is 35.6 Å². The van der Waals surface area contributed by atoms with Crippen LogP contribution in [0.5, 0.6) is 0 Å². The first-order chi connectivity index (χ1) is 10.9. The molecule has 128 valence electrons. The van der Waals surface area contributed by atoms with Gasteiger partial charge in [-0.05, 0) is 6.07 Å². The molecule has 0 atom stereocenters. The number of ether oxygens (including phenoxy) is 1. The number of nitrogens with one attached hydrogen (secondary N) is 1. The molecule has 1 N–H and O–H groups in total. The minimum Gasteiger partial charge on any atom is -0.383 e. The Morgan fingerprint density at radius 3 is 2.52 bits per heavy atom. The lowest BCUT2D eigenvalue weighted by molar-refractivity contribution is -0.131. The lowest BCUT2D eigenvalue weighted by Gasteiger charge is -2.22. The average molecular weight is 325 g/mol. The van der Waals surface area contributed by atoms with Crippen molar-refractivity contribution >= 4 is 11.8 Å². The number of hydrogen-bond acceptors (Lipinski definition) is 4. The van der Waals surface area contributed by atoms with Crippen molar-refractivity contribution in [3.8, 4) is 0 Å². The predicted octanol–water partition coefficient (Wildman–Crippen LogP) is 0.479. The second-order valence-electron chi connectivity index (χ2n) is 5.36. The van der Waals surface area contributed by atoms with Gasteiger partial charge in [-0.2, -0.15) is 0 Å².